The van der Waals surface area contributed by atoms with Gasteiger partial charge in [0.15, 0.2) is 11.3 Å². The minimum atomic E-state index is -0.244. The molecule has 0 aliphatic heterocycles. The molecule has 0 amide bonds. The number of furan rings is 1. The number of carbonyl (C=O) groups is 1. The SMILES string of the molecule is CC.CCOc1c(O)c(CC(C)=O)c(O)c2ccoc12. The van der Waals surface area contributed by atoms with Crippen molar-refractivity contribution >= 4 is 16.8 Å². The van der Waals surface area contributed by atoms with E-state index in [9.17, 15) is 15.0 Å². The van der Waals surface area contributed by atoms with E-state index in [2.05, 4.69) is 0 Å². The number of rotatable bonds is 4. The Kier molecular flexibility index (Phi) is 5.43. The molecule has 0 radical (unpaired) electrons. The lowest BCUT2D eigenvalue weighted by atomic mass is 10.0. The summed E-state index contributed by atoms with van der Waals surface area (Å²) in [6.45, 7) is 7.50. The van der Waals surface area contributed by atoms with Crippen molar-refractivity contribution in [3.05, 3.63) is 17.9 Å². The maximum Gasteiger partial charge on any atom is 0.205 e. The van der Waals surface area contributed by atoms with Crippen LogP contribution in [0.15, 0.2) is 16.7 Å². The molecule has 0 fully saturated rings. The van der Waals surface area contributed by atoms with Crippen LogP contribution in [0.2, 0.25) is 0 Å². The first-order chi connectivity index (χ1) is 9.56. The zero-order chi connectivity index (χ0) is 15.3. The van der Waals surface area contributed by atoms with Crippen LogP contribution in [0.5, 0.6) is 17.2 Å². The highest BCUT2D eigenvalue weighted by molar-refractivity contribution is 5.95. The fourth-order valence-corrected chi connectivity index (χ4v) is 1.89. The molecular formula is C15H20O5. The number of ketones is 1. The van der Waals surface area contributed by atoms with Crippen molar-refractivity contribution in [3.63, 3.8) is 0 Å². The van der Waals surface area contributed by atoms with E-state index in [0.717, 1.165) is 0 Å². The van der Waals surface area contributed by atoms with Crippen LogP contribution >= 0.6 is 0 Å². The third-order valence-corrected chi connectivity index (χ3v) is 2.63. The highest BCUT2D eigenvalue weighted by atomic mass is 16.5. The van der Waals surface area contributed by atoms with Gasteiger partial charge in [0.2, 0.25) is 5.75 Å². The number of aromatic hydroxyl groups is 2. The fourth-order valence-electron chi connectivity index (χ4n) is 1.89. The number of phenolic OH excluding ortho intramolecular Hbond substituents is 2. The number of benzene rings is 1. The topological polar surface area (TPSA) is 79.9 Å². The lowest BCUT2D eigenvalue weighted by Crippen LogP contribution is -2.00. The second kappa shape index (κ2) is 6.84. The normalized spacial score (nSPS) is 10.0. The van der Waals surface area contributed by atoms with Crippen LogP contribution < -0.4 is 4.74 Å². The Morgan fingerprint density at radius 2 is 1.95 bits per heavy atom. The minimum Gasteiger partial charge on any atom is -0.507 e. The molecule has 5 nitrogen and oxygen atoms in total. The van der Waals surface area contributed by atoms with Gasteiger partial charge in [-0.25, -0.2) is 0 Å². The summed E-state index contributed by atoms with van der Waals surface area (Å²) >= 11 is 0. The molecule has 0 aliphatic carbocycles. The van der Waals surface area contributed by atoms with Crippen molar-refractivity contribution in [1.82, 2.24) is 0 Å². The van der Waals surface area contributed by atoms with Crippen molar-refractivity contribution in [2.45, 2.75) is 34.1 Å². The Labute approximate surface area is 117 Å². The second-order valence-electron chi connectivity index (χ2n) is 3.98. The molecule has 0 atom stereocenters. The van der Waals surface area contributed by atoms with E-state index in [1.165, 1.54) is 13.2 Å². The van der Waals surface area contributed by atoms with Crippen molar-refractivity contribution in [2.75, 3.05) is 6.61 Å². The molecule has 1 aromatic carbocycles. The summed E-state index contributed by atoms with van der Waals surface area (Å²) in [6.07, 6.45) is 1.34. The first-order valence-electron chi connectivity index (χ1n) is 6.62. The predicted octanol–water partition coefficient (Wildman–Crippen LogP) is 3.40. The summed E-state index contributed by atoms with van der Waals surface area (Å²) in [4.78, 5) is 11.2. The number of hydrogen-bond acceptors (Lipinski definition) is 5. The van der Waals surface area contributed by atoms with Crippen molar-refractivity contribution in [1.29, 1.82) is 0 Å². The van der Waals surface area contributed by atoms with Crippen LogP contribution in [0.3, 0.4) is 0 Å². The van der Waals surface area contributed by atoms with Gasteiger partial charge in [-0.3, -0.25) is 4.79 Å². The third-order valence-electron chi connectivity index (χ3n) is 2.63. The number of phenols is 2. The highest BCUT2D eigenvalue weighted by Gasteiger charge is 2.22. The van der Waals surface area contributed by atoms with Crippen molar-refractivity contribution < 1.29 is 24.2 Å². The number of Topliss-reactive ketones (excluding diaryl/α,β-unsaturated/α-hetero) is 1. The second-order valence-corrected chi connectivity index (χ2v) is 3.98. The van der Waals surface area contributed by atoms with E-state index >= 15 is 0 Å². The molecular weight excluding hydrogens is 260 g/mol. The monoisotopic (exact) mass is 280 g/mol. The molecule has 1 aromatic heterocycles. The van der Waals surface area contributed by atoms with Gasteiger partial charge < -0.3 is 19.4 Å². The third kappa shape index (κ3) is 2.87. The molecule has 0 saturated heterocycles. The fraction of sp³-hybridized carbons (Fsp3) is 0.400. The zero-order valence-corrected chi connectivity index (χ0v) is 12.2. The van der Waals surface area contributed by atoms with E-state index in [0.29, 0.717) is 12.0 Å². The van der Waals surface area contributed by atoms with E-state index in [1.807, 2.05) is 13.8 Å². The van der Waals surface area contributed by atoms with Crippen LogP contribution in [0, 0.1) is 0 Å². The van der Waals surface area contributed by atoms with Gasteiger partial charge in [-0.15, -0.1) is 0 Å². The minimum absolute atomic E-state index is 0.0567. The molecule has 110 valence electrons. The van der Waals surface area contributed by atoms with Crippen LogP contribution in [-0.4, -0.2) is 22.6 Å². The molecule has 5 heteroatoms. The smallest absolute Gasteiger partial charge is 0.205 e. The van der Waals surface area contributed by atoms with Crippen LogP contribution in [0.1, 0.15) is 33.3 Å². The van der Waals surface area contributed by atoms with Gasteiger partial charge in [-0.1, -0.05) is 13.8 Å². The molecule has 0 saturated carbocycles. The van der Waals surface area contributed by atoms with Gasteiger partial charge in [0.1, 0.15) is 11.5 Å². The van der Waals surface area contributed by atoms with Gasteiger partial charge in [-0.05, 0) is 19.9 Å². The van der Waals surface area contributed by atoms with Crippen LogP contribution in [-0.2, 0) is 11.2 Å². The standard InChI is InChI=1S/C13H14O5.C2H6/c1-3-17-13-11(16)9(6-7(2)14)10(15)8-4-5-18-12(8)13;1-2/h4-5,15-16H,3,6H2,1-2H3;1-2H3. The Morgan fingerprint density at radius 1 is 1.30 bits per heavy atom. The zero-order valence-electron chi connectivity index (χ0n) is 12.2. The summed E-state index contributed by atoms with van der Waals surface area (Å²) in [6, 6.07) is 1.57. The van der Waals surface area contributed by atoms with Gasteiger partial charge in [0.25, 0.3) is 0 Å². The molecule has 20 heavy (non-hydrogen) atoms. The number of hydrogen-bond donors (Lipinski definition) is 2. The summed E-state index contributed by atoms with van der Waals surface area (Å²) in [5, 5.41) is 20.5. The number of fused-ring (bicyclic) bond motifs is 1. The summed E-state index contributed by atoms with van der Waals surface area (Å²) < 4.78 is 10.5. The average molecular weight is 280 g/mol. The lowest BCUT2D eigenvalue weighted by Gasteiger charge is -2.12. The first-order valence-corrected chi connectivity index (χ1v) is 6.62. The molecule has 2 aromatic rings. The Bertz CT molecular complexity index is 598. The lowest BCUT2D eigenvalue weighted by molar-refractivity contribution is -0.116. The molecule has 0 spiro atoms. The van der Waals surface area contributed by atoms with Gasteiger partial charge in [-0.2, -0.15) is 0 Å². The molecule has 0 unspecified atom stereocenters. The molecule has 0 aliphatic rings. The van der Waals surface area contributed by atoms with Crippen molar-refractivity contribution in [3.8, 4) is 17.2 Å². The molecule has 2 N–H and O–H groups in total. The van der Waals surface area contributed by atoms with E-state index in [-0.39, 0.29) is 40.6 Å². The summed E-state index contributed by atoms with van der Waals surface area (Å²) in [5.41, 5.74) is 0.444. The maximum atomic E-state index is 11.2. The Hall–Kier alpha value is -2.17. The largest absolute Gasteiger partial charge is 0.507 e. The summed E-state index contributed by atoms with van der Waals surface area (Å²) in [5.74, 6) is -0.389. The maximum absolute atomic E-state index is 11.2. The average Bonchev–Trinajstić information content (AvgIpc) is 2.91. The Morgan fingerprint density at radius 3 is 2.50 bits per heavy atom. The van der Waals surface area contributed by atoms with E-state index in [4.69, 9.17) is 9.15 Å². The van der Waals surface area contributed by atoms with Gasteiger partial charge in [0.05, 0.1) is 18.3 Å². The quantitative estimate of drug-likeness (QED) is 0.897. The first kappa shape index (κ1) is 15.9. The molecule has 2 rings (SSSR count). The highest BCUT2D eigenvalue weighted by Crippen LogP contribution is 2.45. The van der Waals surface area contributed by atoms with E-state index in [1.54, 1.807) is 13.0 Å². The number of carbonyl (C=O) groups excluding carboxylic acids is 1. The van der Waals surface area contributed by atoms with Crippen molar-refractivity contribution in [2.24, 2.45) is 0 Å². The molecule has 1 heterocycles. The van der Waals surface area contributed by atoms with Crippen LogP contribution in [0.25, 0.3) is 11.0 Å². The predicted molar refractivity (Wildman–Crippen MR) is 76.4 cm³/mol. The van der Waals surface area contributed by atoms with E-state index < -0.39 is 0 Å². The Balaban J connectivity index is 0.000000956. The van der Waals surface area contributed by atoms with Gasteiger partial charge >= 0.3 is 0 Å². The molecule has 0 bridgehead atoms. The number of ether oxygens (including phenoxy) is 1. The van der Waals surface area contributed by atoms with Crippen LogP contribution in [0.4, 0.5) is 0 Å². The van der Waals surface area contributed by atoms with Gasteiger partial charge in [0, 0.05) is 12.0 Å². The summed E-state index contributed by atoms with van der Waals surface area (Å²) in [7, 11) is 0.